The van der Waals surface area contributed by atoms with Gasteiger partial charge in [0.2, 0.25) is 5.91 Å². The summed E-state index contributed by atoms with van der Waals surface area (Å²) >= 11 is 3.43. The summed E-state index contributed by atoms with van der Waals surface area (Å²) in [6, 6.07) is 17.6. The van der Waals surface area contributed by atoms with Crippen LogP contribution in [0.15, 0.2) is 77.5 Å². The molecule has 0 saturated carbocycles. The molecule has 31 heavy (non-hydrogen) atoms. The number of nitrogens with zero attached hydrogens (tertiary/aromatic N) is 3. The maximum Gasteiger partial charge on any atom is 0.266 e. The number of pyridine rings is 1. The SMILES string of the molecule is COc1ccc(N2C(=O)[C@@H]3[C@@H](ON(c4ccc(Br)cc4)[C@H]3c3cccnc3)C2=O)cc1. The van der Waals surface area contributed by atoms with Crippen molar-refractivity contribution in [2.45, 2.75) is 12.1 Å². The van der Waals surface area contributed by atoms with Gasteiger partial charge in [-0.05, 0) is 60.2 Å². The number of methoxy groups -OCH3 is 1. The molecule has 8 heteroatoms. The average molecular weight is 480 g/mol. The quantitative estimate of drug-likeness (QED) is 0.528. The molecule has 2 aliphatic rings. The Balaban J connectivity index is 1.55. The Morgan fingerprint density at radius 2 is 1.68 bits per heavy atom. The lowest BCUT2D eigenvalue weighted by atomic mass is 9.91. The standard InChI is InChI=1S/C23H18BrN3O4/c1-30-18-10-8-16(9-11-18)26-22(28)19-20(14-3-2-12-25-13-14)27(31-21(19)23(26)29)17-6-4-15(24)5-7-17/h2-13,19-21H,1H3/t19-,20-,21+/m0/s1. The van der Waals surface area contributed by atoms with Crippen molar-refractivity contribution >= 4 is 39.1 Å². The highest BCUT2D eigenvalue weighted by Crippen LogP contribution is 2.47. The van der Waals surface area contributed by atoms with Gasteiger partial charge in [-0.25, -0.2) is 9.96 Å². The van der Waals surface area contributed by atoms with Crippen LogP contribution in [0.2, 0.25) is 0 Å². The predicted molar refractivity (Wildman–Crippen MR) is 117 cm³/mol. The summed E-state index contributed by atoms with van der Waals surface area (Å²) in [4.78, 5) is 38.3. The van der Waals surface area contributed by atoms with E-state index in [-0.39, 0.29) is 11.8 Å². The van der Waals surface area contributed by atoms with E-state index in [1.165, 1.54) is 4.90 Å². The van der Waals surface area contributed by atoms with Crippen molar-refractivity contribution in [2.75, 3.05) is 17.1 Å². The molecule has 0 bridgehead atoms. The second-order valence-electron chi connectivity index (χ2n) is 7.30. The van der Waals surface area contributed by atoms with Crippen LogP contribution in [0.1, 0.15) is 11.6 Å². The molecule has 7 nitrogen and oxygen atoms in total. The molecule has 0 aliphatic carbocycles. The number of rotatable bonds is 4. The first kappa shape index (κ1) is 19.7. The monoisotopic (exact) mass is 479 g/mol. The van der Waals surface area contributed by atoms with Crippen LogP contribution in [0, 0.1) is 5.92 Å². The third-order valence-electron chi connectivity index (χ3n) is 5.55. The van der Waals surface area contributed by atoms with E-state index in [2.05, 4.69) is 20.9 Å². The highest BCUT2D eigenvalue weighted by atomic mass is 79.9. The van der Waals surface area contributed by atoms with Crippen molar-refractivity contribution in [3.63, 3.8) is 0 Å². The zero-order valence-electron chi connectivity index (χ0n) is 16.5. The number of hydrogen-bond acceptors (Lipinski definition) is 6. The van der Waals surface area contributed by atoms with E-state index in [0.717, 1.165) is 15.7 Å². The fourth-order valence-corrected chi connectivity index (χ4v) is 4.37. The number of hydrogen-bond donors (Lipinski definition) is 0. The van der Waals surface area contributed by atoms with Gasteiger partial charge in [0.15, 0.2) is 6.10 Å². The number of hydroxylamine groups is 1. The number of carbonyl (C=O) groups excluding carboxylic acids is 2. The number of fused-ring (bicyclic) bond motifs is 1. The molecule has 0 unspecified atom stereocenters. The van der Waals surface area contributed by atoms with Crippen LogP contribution in [0.5, 0.6) is 5.75 Å². The molecule has 3 aromatic rings. The number of benzene rings is 2. The number of amides is 2. The van der Waals surface area contributed by atoms with Crippen molar-refractivity contribution in [3.8, 4) is 5.75 Å². The van der Waals surface area contributed by atoms with Crippen molar-refractivity contribution in [1.82, 2.24) is 4.98 Å². The van der Waals surface area contributed by atoms with Gasteiger partial charge in [-0.2, -0.15) is 0 Å². The molecular formula is C23H18BrN3O4. The summed E-state index contributed by atoms with van der Waals surface area (Å²) in [6.07, 6.45) is 2.46. The molecule has 2 saturated heterocycles. The molecule has 2 aromatic carbocycles. The predicted octanol–water partition coefficient (Wildman–Crippen LogP) is 3.90. The number of aromatic nitrogens is 1. The number of anilines is 2. The second-order valence-corrected chi connectivity index (χ2v) is 8.21. The van der Waals surface area contributed by atoms with Crippen LogP contribution < -0.4 is 14.7 Å². The smallest absolute Gasteiger partial charge is 0.266 e. The Morgan fingerprint density at radius 1 is 0.968 bits per heavy atom. The fourth-order valence-electron chi connectivity index (χ4n) is 4.10. The number of carbonyl (C=O) groups is 2. The molecule has 1 aromatic heterocycles. The van der Waals surface area contributed by atoms with E-state index in [1.807, 2.05) is 36.4 Å². The Bertz CT molecular complexity index is 1120. The minimum atomic E-state index is -0.913. The number of imide groups is 1. The second kappa shape index (κ2) is 7.79. The van der Waals surface area contributed by atoms with Gasteiger partial charge < -0.3 is 4.74 Å². The Morgan fingerprint density at radius 3 is 2.32 bits per heavy atom. The van der Waals surface area contributed by atoms with Crippen molar-refractivity contribution in [1.29, 1.82) is 0 Å². The lowest BCUT2D eigenvalue weighted by molar-refractivity contribution is -0.126. The third kappa shape index (κ3) is 3.28. The minimum absolute atomic E-state index is 0.298. The number of halogens is 1. The Labute approximate surface area is 187 Å². The van der Waals surface area contributed by atoms with E-state index in [9.17, 15) is 9.59 Å². The van der Waals surface area contributed by atoms with Gasteiger partial charge in [-0.15, -0.1) is 0 Å². The minimum Gasteiger partial charge on any atom is -0.497 e. The molecule has 3 atom stereocenters. The lowest BCUT2D eigenvalue weighted by Gasteiger charge is -2.28. The highest BCUT2D eigenvalue weighted by Gasteiger charge is 2.60. The number of ether oxygens (including phenoxy) is 1. The van der Waals surface area contributed by atoms with Gasteiger partial charge in [-0.1, -0.05) is 22.0 Å². The van der Waals surface area contributed by atoms with E-state index >= 15 is 0 Å². The summed E-state index contributed by atoms with van der Waals surface area (Å²) in [7, 11) is 1.56. The summed E-state index contributed by atoms with van der Waals surface area (Å²) in [5, 5.41) is 1.65. The molecule has 2 amide bonds. The van der Waals surface area contributed by atoms with Crippen LogP contribution in [0.25, 0.3) is 0 Å². The Hall–Kier alpha value is -3.23. The molecule has 0 radical (unpaired) electrons. The average Bonchev–Trinajstić information content (AvgIpc) is 3.31. The molecule has 2 aliphatic heterocycles. The maximum absolute atomic E-state index is 13.5. The molecular weight excluding hydrogens is 462 g/mol. The van der Waals surface area contributed by atoms with Crippen LogP contribution in [-0.4, -0.2) is 30.0 Å². The normalized spacial score (nSPS) is 22.7. The molecule has 3 heterocycles. The van der Waals surface area contributed by atoms with Crippen LogP contribution >= 0.6 is 15.9 Å². The maximum atomic E-state index is 13.5. The Kier molecular flexibility index (Phi) is 4.95. The summed E-state index contributed by atoms with van der Waals surface area (Å²) in [6.45, 7) is 0. The molecule has 5 rings (SSSR count). The van der Waals surface area contributed by atoms with Gasteiger partial charge in [0.05, 0.1) is 24.5 Å². The van der Waals surface area contributed by atoms with Gasteiger partial charge in [0.25, 0.3) is 5.91 Å². The molecule has 0 spiro atoms. The van der Waals surface area contributed by atoms with Crippen molar-refractivity contribution in [3.05, 3.63) is 83.1 Å². The van der Waals surface area contributed by atoms with Crippen molar-refractivity contribution in [2.24, 2.45) is 5.92 Å². The first-order chi connectivity index (χ1) is 15.1. The summed E-state index contributed by atoms with van der Waals surface area (Å²) in [5.74, 6) is -0.723. The van der Waals surface area contributed by atoms with Gasteiger partial charge >= 0.3 is 0 Å². The lowest BCUT2D eigenvalue weighted by Crippen LogP contribution is -2.37. The van der Waals surface area contributed by atoms with E-state index in [0.29, 0.717) is 11.4 Å². The van der Waals surface area contributed by atoms with E-state index in [4.69, 9.17) is 9.57 Å². The summed E-state index contributed by atoms with van der Waals surface area (Å²) in [5.41, 5.74) is 2.05. The zero-order chi connectivity index (χ0) is 21.5. The third-order valence-corrected chi connectivity index (χ3v) is 6.08. The van der Waals surface area contributed by atoms with Gasteiger partial charge in [0, 0.05) is 16.9 Å². The molecule has 156 valence electrons. The molecule has 2 fully saturated rings. The fraction of sp³-hybridized carbons (Fsp3) is 0.174. The van der Waals surface area contributed by atoms with Crippen molar-refractivity contribution < 1.29 is 19.2 Å². The van der Waals surface area contributed by atoms with Crippen LogP contribution in [0.4, 0.5) is 11.4 Å². The zero-order valence-corrected chi connectivity index (χ0v) is 18.1. The molecule has 0 N–H and O–H groups in total. The first-order valence-corrected chi connectivity index (χ1v) is 10.5. The van der Waals surface area contributed by atoms with Gasteiger partial charge in [-0.3, -0.25) is 19.4 Å². The van der Waals surface area contributed by atoms with E-state index < -0.39 is 18.1 Å². The van der Waals surface area contributed by atoms with Crippen LogP contribution in [0.3, 0.4) is 0 Å². The van der Waals surface area contributed by atoms with E-state index in [1.54, 1.807) is 48.8 Å². The summed E-state index contributed by atoms with van der Waals surface area (Å²) < 4.78 is 6.10. The largest absolute Gasteiger partial charge is 0.497 e. The first-order valence-electron chi connectivity index (χ1n) is 9.72. The van der Waals surface area contributed by atoms with Crippen LogP contribution in [-0.2, 0) is 14.4 Å². The van der Waals surface area contributed by atoms with Gasteiger partial charge in [0.1, 0.15) is 11.7 Å². The topological polar surface area (TPSA) is 72.0 Å². The highest BCUT2D eigenvalue weighted by molar-refractivity contribution is 9.10.